The Morgan fingerprint density at radius 3 is 2.29 bits per heavy atom. The summed E-state index contributed by atoms with van der Waals surface area (Å²) in [5, 5.41) is 6.41. The highest BCUT2D eigenvalue weighted by Gasteiger charge is 2.29. The number of nitrogens with one attached hydrogen (secondary N) is 2. The predicted octanol–water partition coefficient (Wildman–Crippen LogP) is 5.12. The summed E-state index contributed by atoms with van der Waals surface area (Å²) in [5.41, 5.74) is 5.32. The highest BCUT2D eigenvalue weighted by atomic mass is 16.5. The van der Waals surface area contributed by atoms with E-state index in [4.69, 9.17) is 9.47 Å². The largest absolute Gasteiger partial charge is 0.493 e. The second-order valence-electron chi connectivity index (χ2n) is 7.60. The molecular formula is C25H33N3O3. The summed E-state index contributed by atoms with van der Waals surface area (Å²) < 4.78 is 10.8. The lowest BCUT2D eigenvalue weighted by atomic mass is 10.0. The molecule has 0 atom stereocenters. The molecular weight excluding hydrogens is 390 g/mol. The van der Waals surface area contributed by atoms with E-state index in [0.29, 0.717) is 23.5 Å². The van der Waals surface area contributed by atoms with Gasteiger partial charge in [0.15, 0.2) is 11.5 Å². The van der Waals surface area contributed by atoms with E-state index in [-0.39, 0.29) is 5.91 Å². The monoisotopic (exact) mass is 423 g/mol. The molecule has 2 aromatic carbocycles. The molecule has 31 heavy (non-hydrogen) atoms. The van der Waals surface area contributed by atoms with Gasteiger partial charge in [-0.1, -0.05) is 32.9 Å². The highest BCUT2D eigenvalue weighted by molar-refractivity contribution is 6.32. The molecule has 1 amide bonds. The second kappa shape index (κ2) is 10.4. The van der Waals surface area contributed by atoms with Crippen LogP contribution < -0.4 is 20.1 Å². The number of rotatable bonds is 10. The van der Waals surface area contributed by atoms with Gasteiger partial charge < -0.3 is 20.1 Å². The van der Waals surface area contributed by atoms with Crippen LogP contribution in [-0.2, 0) is 11.3 Å². The summed E-state index contributed by atoms with van der Waals surface area (Å²) in [7, 11) is 3.18. The van der Waals surface area contributed by atoms with Crippen molar-refractivity contribution in [3.8, 4) is 11.5 Å². The minimum absolute atomic E-state index is 0.121. The van der Waals surface area contributed by atoms with Gasteiger partial charge in [0.2, 0.25) is 0 Å². The van der Waals surface area contributed by atoms with Crippen LogP contribution in [0, 0.1) is 0 Å². The fourth-order valence-electron chi connectivity index (χ4n) is 3.91. The van der Waals surface area contributed by atoms with Crippen LogP contribution in [0.2, 0.25) is 0 Å². The quantitative estimate of drug-likeness (QED) is 0.519. The van der Waals surface area contributed by atoms with Crippen molar-refractivity contribution in [3.05, 3.63) is 53.2 Å². The lowest BCUT2D eigenvalue weighted by molar-refractivity contribution is -0.110. The second-order valence-corrected chi connectivity index (χ2v) is 7.60. The zero-order valence-corrected chi connectivity index (χ0v) is 19.2. The Morgan fingerprint density at radius 2 is 1.71 bits per heavy atom. The molecule has 0 aromatic heterocycles. The minimum Gasteiger partial charge on any atom is -0.493 e. The Kier molecular flexibility index (Phi) is 7.58. The number of benzene rings is 2. The highest BCUT2D eigenvalue weighted by Crippen LogP contribution is 2.42. The predicted molar refractivity (Wildman–Crippen MR) is 127 cm³/mol. The molecule has 3 rings (SSSR count). The third kappa shape index (κ3) is 5.02. The average Bonchev–Trinajstić information content (AvgIpc) is 3.11. The zero-order chi connectivity index (χ0) is 22.4. The van der Waals surface area contributed by atoms with E-state index in [1.807, 2.05) is 13.0 Å². The number of methoxy groups -OCH3 is 2. The molecule has 0 saturated heterocycles. The molecule has 6 nitrogen and oxygen atoms in total. The normalized spacial score (nSPS) is 14.3. The Balaban J connectivity index is 1.87. The molecule has 0 fully saturated rings. The fraction of sp³-hybridized carbons (Fsp3) is 0.400. The molecule has 0 radical (unpaired) electrons. The molecule has 0 spiro atoms. The number of carbonyl (C=O) groups excluding carboxylic acids is 1. The number of anilines is 2. The smallest absolute Gasteiger partial charge is 0.258 e. The van der Waals surface area contributed by atoms with Crippen LogP contribution >= 0.6 is 0 Å². The van der Waals surface area contributed by atoms with Crippen molar-refractivity contribution in [2.24, 2.45) is 0 Å². The van der Waals surface area contributed by atoms with Crippen LogP contribution in [0.15, 0.2) is 42.1 Å². The molecule has 2 N–H and O–H groups in total. The van der Waals surface area contributed by atoms with Crippen molar-refractivity contribution < 1.29 is 14.3 Å². The third-order valence-electron chi connectivity index (χ3n) is 5.57. The number of ether oxygens (including phenoxy) is 2. The number of nitrogens with zero attached hydrogens (tertiary/aromatic N) is 1. The van der Waals surface area contributed by atoms with E-state index in [9.17, 15) is 4.79 Å². The van der Waals surface area contributed by atoms with Gasteiger partial charge >= 0.3 is 0 Å². The summed E-state index contributed by atoms with van der Waals surface area (Å²) in [5.74, 6) is 1.07. The zero-order valence-electron chi connectivity index (χ0n) is 19.2. The van der Waals surface area contributed by atoms with Crippen molar-refractivity contribution in [2.45, 2.75) is 40.2 Å². The summed E-state index contributed by atoms with van der Waals surface area (Å²) in [4.78, 5) is 15.2. The lowest BCUT2D eigenvalue weighted by Gasteiger charge is -2.20. The van der Waals surface area contributed by atoms with Crippen LogP contribution in [-0.4, -0.2) is 38.1 Å². The number of allylic oxidation sites excluding steroid dienone is 1. The Morgan fingerprint density at radius 1 is 1.03 bits per heavy atom. The summed E-state index contributed by atoms with van der Waals surface area (Å²) in [6.07, 6.45) is 1.85. The van der Waals surface area contributed by atoms with Crippen LogP contribution in [0.5, 0.6) is 11.5 Å². The van der Waals surface area contributed by atoms with Crippen molar-refractivity contribution >= 4 is 22.9 Å². The standard InChI is InChI=1S/C25H33N3O3/c1-6-13-28(8-3)16-17-9-11-18(12-10-17)26-20(7-2)24-19-14-22(30-4)23(31-5)15-21(19)27-25(24)29/h9-12,14-15,26H,6-8,13,16H2,1-5H3,(H,27,29)/b24-20-. The SMILES string of the molecule is CCCN(CC)Cc1ccc(N/C(CC)=C2\C(=O)Nc3cc(OC)c(OC)cc32)cc1. The van der Waals surface area contributed by atoms with Gasteiger partial charge in [0.05, 0.1) is 25.5 Å². The number of hydrogen-bond acceptors (Lipinski definition) is 5. The van der Waals surface area contributed by atoms with Gasteiger partial charge in [0.1, 0.15) is 0 Å². The number of amides is 1. The van der Waals surface area contributed by atoms with Gasteiger partial charge in [-0.2, -0.15) is 0 Å². The molecule has 1 aliphatic rings. The molecule has 0 saturated carbocycles. The van der Waals surface area contributed by atoms with Gasteiger partial charge in [-0.15, -0.1) is 0 Å². The minimum atomic E-state index is -0.121. The maximum absolute atomic E-state index is 12.8. The average molecular weight is 424 g/mol. The first kappa shape index (κ1) is 22.7. The first-order chi connectivity index (χ1) is 15.0. The lowest BCUT2D eigenvalue weighted by Crippen LogP contribution is -2.23. The van der Waals surface area contributed by atoms with Gasteiger partial charge in [-0.05, 0) is 49.7 Å². The van der Waals surface area contributed by atoms with E-state index in [2.05, 4.69) is 53.6 Å². The van der Waals surface area contributed by atoms with E-state index < -0.39 is 0 Å². The third-order valence-corrected chi connectivity index (χ3v) is 5.57. The summed E-state index contributed by atoms with van der Waals surface area (Å²) in [6, 6.07) is 12.1. The van der Waals surface area contributed by atoms with Gasteiger partial charge in [0, 0.05) is 29.6 Å². The Hall–Kier alpha value is -2.99. The maximum atomic E-state index is 12.8. The summed E-state index contributed by atoms with van der Waals surface area (Å²) >= 11 is 0. The molecule has 6 heteroatoms. The molecule has 0 bridgehead atoms. The van der Waals surface area contributed by atoms with E-state index >= 15 is 0 Å². The summed E-state index contributed by atoms with van der Waals surface area (Å²) in [6.45, 7) is 9.54. The first-order valence-electron chi connectivity index (χ1n) is 10.9. The molecule has 0 unspecified atom stereocenters. The van der Waals surface area contributed by atoms with E-state index in [1.54, 1.807) is 20.3 Å². The number of hydrogen-bond donors (Lipinski definition) is 2. The topological polar surface area (TPSA) is 62.8 Å². The van der Waals surface area contributed by atoms with Gasteiger partial charge in [-0.3, -0.25) is 9.69 Å². The van der Waals surface area contributed by atoms with Gasteiger partial charge in [-0.25, -0.2) is 0 Å². The molecule has 0 aliphatic carbocycles. The molecule has 1 aliphatic heterocycles. The number of carbonyl (C=O) groups is 1. The molecule has 2 aromatic rings. The van der Waals surface area contributed by atoms with E-state index in [0.717, 1.165) is 48.7 Å². The van der Waals surface area contributed by atoms with Gasteiger partial charge in [0.25, 0.3) is 5.91 Å². The van der Waals surface area contributed by atoms with Crippen molar-refractivity contribution in [1.29, 1.82) is 0 Å². The van der Waals surface area contributed by atoms with Crippen molar-refractivity contribution in [3.63, 3.8) is 0 Å². The van der Waals surface area contributed by atoms with Crippen molar-refractivity contribution in [1.82, 2.24) is 4.90 Å². The van der Waals surface area contributed by atoms with Crippen LogP contribution in [0.4, 0.5) is 11.4 Å². The first-order valence-corrected chi connectivity index (χ1v) is 10.9. The number of fused-ring (bicyclic) bond motifs is 1. The van der Waals surface area contributed by atoms with Crippen LogP contribution in [0.1, 0.15) is 44.7 Å². The molecule has 1 heterocycles. The fourth-order valence-corrected chi connectivity index (χ4v) is 3.91. The van der Waals surface area contributed by atoms with Crippen LogP contribution in [0.3, 0.4) is 0 Å². The Bertz CT molecular complexity index is 951. The Labute approximate surface area is 185 Å². The van der Waals surface area contributed by atoms with Crippen molar-refractivity contribution in [2.75, 3.05) is 37.9 Å². The molecule has 166 valence electrons. The van der Waals surface area contributed by atoms with Crippen LogP contribution in [0.25, 0.3) is 5.57 Å². The van der Waals surface area contributed by atoms with E-state index in [1.165, 1.54) is 5.56 Å². The maximum Gasteiger partial charge on any atom is 0.258 e.